The van der Waals surface area contributed by atoms with Crippen molar-refractivity contribution in [1.29, 1.82) is 0 Å². The number of hydrogen-bond acceptors (Lipinski definition) is 4. The number of nitrogens with one attached hydrogen (secondary N) is 1. The van der Waals surface area contributed by atoms with Gasteiger partial charge in [-0.25, -0.2) is 4.99 Å². The van der Waals surface area contributed by atoms with Crippen LogP contribution in [0, 0.1) is 0 Å². The molecule has 0 aliphatic carbocycles. The largest absolute Gasteiger partial charge is 0.491 e. The molecular weight excluding hydrogens is 479 g/mol. The van der Waals surface area contributed by atoms with Crippen LogP contribution in [0.5, 0.6) is 5.75 Å². The zero-order valence-corrected chi connectivity index (χ0v) is 19.5. The van der Waals surface area contributed by atoms with Gasteiger partial charge in [0.2, 0.25) is 0 Å². The molecule has 0 amide bonds. The molecule has 1 heterocycles. The number of anilines is 1. The van der Waals surface area contributed by atoms with Gasteiger partial charge in [0.1, 0.15) is 5.75 Å². The van der Waals surface area contributed by atoms with Gasteiger partial charge in [0.25, 0.3) is 0 Å². The van der Waals surface area contributed by atoms with Gasteiger partial charge in [-0.15, -0.1) is 24.0 Å². The van der Waals surface area contributed by atoms with E-state index in [4.69, 9.17) is 15.2 Å². The first-order valence-corrected chi connectivity index (χ1v) is 9.80. The summed E-state index contributed by atoms with van der Waals surface area (Å²) in [6, 6.07) is 16.2. The first kappa shape index (κ1) is 23.4. The molecule has 2 aromatic rings. The van der Waals surface area contributed by atoms with Gasteiger partial charge in [-0.3, -0.25) is 4.90 Å². The number of halogens is 1. The molecule has 7 heteroatoms. The number of nitrogens with zero attached hydrogens (tertiary/aromatic N) is 2. The first-order chi connectivity index (χ1) is 13.6. The van der Waals surface area contributed by atoms with Gasteiger partial charge in [0, 0.05) is 25.3 Å². The molecular formula is C22H31IN4O2. The number of nitrogens with two attached hydrogens (primary N) is 1. The molecule has 158 valence electrons. The summed E-state index contributed by atoms with van der Waals surface area (Å²) in [5.74, 6) is 1.24. The van der Waals surface area contributed by atoms with Crippen molar-refractivity contribution in [2.75, 3.05) is 31.6 Å². The maximum Gasteiger partial charge on any atom is 0.193 e. The van der Waals surface area contributed by atoms with Crippen LogP contribution in [-0.4, -0.2) is 43.3 Å². The number of ether oxygens (including phenoxy) is 2. The van der Waals surface area contributed by atoms with Crippen molar-refractivity contribution < 1.29 is 9.47 Å². The van der Waals surface area contributed by atoms with Crippen LogP contribution in [0.1, 0.15) is 25.0 Å². The summed E-state index contributed by atoms with van der Waals surface area (Å²) >= 11 is 0. The zero-order valence-electron chi connectivity index (χ0n) is 17.1. The van der Waals surface area contributed by atoms with Gasteiger partial charge in [-0.2, -0.15) is 0 Å². The van der Waals surface area contributed by atoms with Crippen molar-refractivity contribution in [2.45, 2.75) is 33.0 Å². The lowest BCUT2D eigenvalue weighted by atomic mass is 10.1. The normalized spacial score (nSPS) is 15.1. The van der Waals surface area contributed by atoms with Crippen LogP contribution in [0.3, 0.4) is 0 Å². The minimum absolute atomic E-state index is 0. The van der Waals surface area contributed by atoms with Crippen LogP contribution in [-0.2, 0) is 17.8 Å². The van der Waals surface area contributed by atoms with Crippen LogP contribution < -0.4 is 15.8 Å². The predicted octanol–water partition coefficient (Wildman–Crippen LogP) is 3.85. The van der Waals surface area contributed by atoms with Gasteiger partial charge in [0.05, 0.1) is 25.9 Å². The molecule has 0 spiro atoms. The topological polar surface area (TPSA) is 72.1 Å². The standard InChI is InChI=1S/C22H30N4O2.HI/c1-17(2)28-21-8-6-20(7-9-21)25-22(23)24-15-18-4-3-5-19(14-18)16-26-10-12-27-13-11-26;/h3-9,14,17H,10-13,15-16H2,1-2H3,(H3,23,24,25);1H. The third-order valence-corrected chi connectivity index (χ3v) is 4.43. The monoisotopic (exact) mass is 510 g/mol. The Morgan fingerprint density at radius 3 is 2.52 bits per heavy atom. The highest BCUT2D eigenvalue weighted by Crippen LogP contribution is 2.17. The fourth-order valence-corrected chi connectivity index (χ4v) is 3.10. The third-order valence-electron chi connectivity index (χ3n) is 4.43. The molecule has 0 saturated carbocycles. The van der Waals surface area contributed by atoms with Crippen LogP contribution in [0.4, 0.5) is 5.69 Å². The first-order valence-electron chi connectivity index (χ1n) is 9.80. The molecule has 0 unspecified atom stereocenters. The van der Waals surface area contributed by atoms with E-state index in [1.54, 1.807) is 0 Å². The molecule has 1 saturated heterocycles. The van der Waals surface area contributed by atoms with Crippen LogP contribution in [0.25, 0.3) is 0 Å². The Morgan fingerprint density at radius 1 is 1.14 bits per heavy atom. The molecule has 3 rings (SSSR count). The smallest absolute Gasteiger partial charge is 0.193 e. The van der Waals surface area contributed by atoms with Crippen molar-refractivity contribution in [2.24, 2.45) is 10.7 Å². The minimum atomic E-state index is 0. The highest BCUT2D eigenvalue weighted by molar-refractivity contribution is 14.0. The molecule has 1 aliphatic heterocycles. The summed E-state index contributed by atoms with van der Waals surface area (Å²) in [6.07, 6.45) is 0.157. The van der Waals surface area contributed by atoms with Gasteiger partial charge >= 0.3 is 0 Å². The number of guanidine groups is 1. The Bertz CT molecular complexity index is 775. The zero-order chi connectivity index (χ0) is 19.8. The molecule has 0 atom stereocenters. The van der Waals surface area contributed by atoms with Crippen molar-refractivity contribution in [3.63, 3.8) is 0 Å². The molecule has 1 aliphatic rings. The number of morpholine rings is 1. The molecule has 2 aromatic carbocycles. The van der Waals surface area contributed by atoms with Gasteiger partial charge in [-0.05, 0) is 49.2 Å². The SMILES string of the molecule is CC(C)Oc1ccc(NC(N)=NCc2cccc(CN3CCOCC3)c2)cc1.I. The van der Waals surface area contributed by atoms with Crippen molar-refractivity contribution in [3.05, 3.63) is 59.7 Å². The summed E-state index contributed by atoms with van der Waals surface area (Å²) in [5, 5.41) is 3.12. The van der Waals surface area contributed by atoms with Gasteiger partial charge in [-0.1, -0.05) is 24.3 Å². The van der Waals surface area contributed by atoms with Crippen LogP contribution in [0.15, 0.2) is 53.5 Å². The van der Waals surface area contributed by atoms with E-state index in [0.29, 0.717) is 12.5 Å². The second-order valence-electron chi connectivity index (χ2n) is 7.23. The predicted molar refractivity (Wildman–Crippen MR) is 129 cm³/mol. The molecule has 0 radical (unpaired) electrons. The summed E-state index contributed by atoms with van der Waals surface area (Å²) in [4.78, 5) is 6.88. The van der Waals surface area contributed by atoms with Crippen LogP contribution >= 0.6 is 24.0 Å². The summed E-state index contributed by atoms with van der Waals surface area (Å²) in [5.41, 5.74) is 9.38. The van der Waals surface area contributed by atoms with Gasteiger partial charge in [0.15, 0.2) is 5.96 Å². The minimum Gasteiger partial charge on any atom is -0.491 e. The quantitative estimate of drug-likeness (QED) is 0.337. The highest BCUT2D eigenvalue weighted by atomic mass is 127. The second-order valence-corrected chi connectivity index (χ2v) is 7.23. The maximum absolute atomic E-state index is 6.05. The Morgan fingerprint density at radius 2 is 1.83 bits per heavy atom. The third kappa shape index (κ3) is 8.20. The van der Waals surface area contributed by atoms with Crippen molar-refractivity contribution in [1.82, 2.24) is 4.90 Å². The summed E-state index contributed by atoms with van der Waals surface area (Å²) < 4.78 is 11.1. The van der Waals surface area contributed by atoms with E-state index >= 15 is 0 Å². The molecule has 1 fully saturated rings. The Kier molecular flexibility index (Phi) is 9.69. The van der Waals surface area contributed by atoms with Gasteiger partial charge < -0.3 is 20.5 Å². The lowest BCUT2D eigenvalue weighted by molar-refractivity contribution is 0.0342. The van der Waals surface area contributed by atoms with E-state index in [2.05, 4.69) is 39.5 Å². The van der Waals surface area contributed by atoms with E-state index in [1.165, 1.54) is 5.56 Å². The highest BCUT2D eigenvalue weighted by Gasteiger charge is 2.10. The molecule has 3 N–H and O–H groups in total. The molecule has 0 aromatic heterocycles. The van der Waals surface area contributed by atoms with Crippen molar-refractivity contribution in [3.8, 4) is 5.75 Å². The fourth-order valence-electron chi connectivity index (χ4n) is 3.10. The summed E-state index contributed by atoms with van der Waals surface area (Å²) in [6.45, 7) is 9.11. The van der Waals surface area contributed by atoms with E-state index in [0.717, 1.165) is 49.8 Å². The van der Waals surface area contributed by atoms with Crippen molar-refractivity contribution >= 4 is 35.6 Å². The second kappa shape index (κ2) is 12.0. The Balaban J connectivity index is 0.00000300. The van der Waals surface area contributed by atoms with E-state index in [1.807, 2.05) is 38.1 Å². The van der Waals surface area contributed by atoms with E-state index in [-0.39, 0.29) is 30.1 Å². The number of hydrogen-bond donors (Lipinski definition) is 2. The maximum atomic E-state index is 6.05. The molecule has 0 bridgehead atoms. The van der Waals surface area contributed by atoms with E-state index < -0.39 is 0 Å². The average Bonchev–Trinajstić information content (AvgIpc) is 2.69. The summed E-state index contributed by atoms with van der Waals surface area (Å²) in [7, 11) is 0. The number of aliphatic imine (C=N–C) groups is 1. The van der Waals surface area contributed by atoms with Crippen LogP contribution in [0.2, 0.25) is 0 Å². The lowest BCUT2D eigenvalue weighted by Crippen LogP contribution is -2.35. The lowest BCUT2D eigenvalue weighted by Gasteiger charge is -2.26. The Labute approximate surface area is 190 Å². The Hall–Kier alpha value is -1.84. The fraction of sp³-hybridized carbons (Fsp3) is 0.409. The molecule has 6 nitrogen and oxygen atoms in total. The van der Waals surface area contributed by atoms with E-state index in [9.17, 15) is 0 Å². The molecule has 29 heavy (non-hydrogen) atoms. The number of rotatable bonds is 7. The number of benzene rings is 2. The average molecular weight is 510 g/mol.